The minimum absolute atomic E-state index is 0.140. The molecular formula is C23H32O4. The molecule has 0 radical (unpaired) electrons. The van der Waals surface area contributed by atoms with Crippen LogP contribution in [0.3, 0.4) is 0 Å². The molecule has 5 rings (SSSR count). The minimum Gasteiger partial charge on any atom is -0.378 e. The van der Waals surface area contributed by atoms with E-state index in [0.717, 1.165) is 32.1 Å². The summed E-state index contributed by atoms with van der Waals surface area (Å²) in [6.07, 6.45) is 12.5. The van der Waals surface area contributed by atoms with Gasteiger partial charge in [0.15, 0.2) is 5.79 Å². The quantitative estimate of drug-likeness (QED) is 0.663. The monoisotopic (exact) mass is 372 g/mol. The van der Waals surface area contributed by atoms with Crippen LogP contribution in [0.5, 0.6) is 0 Å². The number of carbonyl (C=O) groups excluding carboxylic acids is 1. The fraction of sp³-hybridized carbons (Fsp3) is 0.870. The van der Waals surface area contributed by atoms with Crippen LogP contribution in [-0.4, -0.2) is 35.5 Å². The highest BCUT2D eigenvalue weighted by molar-refractivity contribution is 5.87. The van der Waals surface area contributed by atoms with Gasteiger partial charge in [-0.05, 0) is 61.7 Å². The summed E-state index contributed by atoms with van der Waals surface area (Å²) in [6, 6.07) is 0. The Bertz CT molecular complexity index is 704. The predicted octanol–water partition coefficient (Wildman–Crippen LogP) is 3.32. The number of terminal acetylenes is 1. The van der Waals surface area contributed by atoms with Gasteiger partial charge in [-0.15, -0.1) is 6.42 Å². The summed E-state index contributed by atoms with van der Waals surface area (Å²) in [5.41, 5.74) is -1.06. The lowest BCUT2D eigenvalue weighted by molar-refractivity contribution is -0.299. The molecule has 4 heteroatoms. The number of ketones is 1. The molecule has 1 aliphatic heterocycles. The van der Waals surface area contributed by atoms with E-state index < -0.39 is 11.4 Å². The van der Waals surface area contributed by atoms with E-state index in [1.165, 1.54) is 0 Å². The zero-order chi connectivity index (χ0) is 19.1. The van der Waals surface area contributed by atoms with Gasteiger partial charge >= 0.3 is 0 Å². The molecule has 148 valence electrons. The average molecular weight is 373 g/mol. The molecule has 7 atom stereocenters. The molecule has 5 aliphatic rings. The Morgan fingerprint density at radius 3 is 2.52 bits per heavy atom. The van der Waals surface area contributed by atoms with Crippen molar-refractivity contribution in [1.82, 2.24) is 0 Å². The molecule has 1 heterocycles. The van der Waals surface area contributed by atoms with E-state index in [1.54, 1.807) is 0 Å². The van der Waals surface area contributed by atoms with E-state index in [2.05, 4.69) is 19.8 Å². The molecule has 0 bridgehead atoms. The second-order valence-corrected chi connectivity index (χ2v) is 10.5. The van der Waals surface area contributed by atoms with E-state index in [1.807, 2.05) is 0 Å². The molecular weight excluding hydrogens is 340 g/mol. The van der Waals surface area contributed by atoms with Gasteiger partial charge in [0.2, 0.25) is 0 Å². The Kier molecular flexibility index (Phi) is 3.76. The van der Waals surface area contributed by atoms with Crippen LogP contribution in [0.1, 0.15) is 65.2 Å². The Labute approximate surface area is 162 Å². The van der Waals surface area contributed by atoms with Gasteiger partial charge in [-0.3, -0.25) is 4.79 Å². The SMILES string of the molecule is C#C[C@]1(O)CC[C@@]2(C)[C@@H](CC3(OCCO3)[C@@H]3[C@@H]2CC[C@]2(C)C(=O)CC[C@@H]32)C1. The first-order valence-electron chi connectivity index (χ1n) is 10.8. The number of hydrogen-bond acceptors (Lipinski definition) is 4. The highest BCUT2D eigenvalue weighted by Crippen LogP contribution is 2.69. The first kappa shape index (κ1) is 18.2. The van der Waals surface area contributed by atoms with Crippen molar-refractivity contribution in [3.63, 3.8) is 0 Å². The lowest BCUT2D eigenvalue weighted by atomic mass is 9.43. The van der Waals surface area contributed by atoms with Gasteiger partial charge in [0.1, 0.15) is 11.4 Å². The second kappa shape index (κ2) is 5.59. The molecule has 1 N–H and O–H groups in total. The third-order valence-electron chi connectivity index (χ3n) is 9.50. The molecule has 0 amide bonds. The fourth-order valence-corrected chi connectivity index (χ4v) is 7.87. The van der Waals surface area contributed by atoms with E-state index in [4.69, 9.17) is 15.9 Å². The molecule has 0 unspecified atom stereocenters. The number of carbonyl (C=O) groups is 1. The normalized spacial score (nSPS) is 53.5. The number of Topliss-reactive ketones (excluding diaryl/α,β-unsaturated/α-hetero) is 1. The van der Waals surface area contributed by atoms with E-state index >= 15 is 0 Å². The van der Waals surface area contributed by atoms with Gasteiger partial charge in [-0.25, -0.2) is 0 Å². The Balaban J connectivity index is 1.58. The van der Waals surface area contributed by atoms with E-state index in [9.17, 15) is 9.90 Å². The number of fused-ring (bicyclic) bond motifs is 6. The van der Waals surface area contributed by atoms with E-state index in [0.29, 0.717) is 56.0 Å². The van der Waals surface area contributed by atoms with Crippen molar-refractivity contribution in [3.05, 3.63) is 0 Å². The van der Waals surface area contributed by atoms with Gasteiger partial charge < -0.3 is 14.6 Å². The molecule has 4 saturated carbocycles. The predicted molar refractivity (Wildman–Crippen MR) is 101 cm³/mol. The van der Waals surface area contributed by atoms with Crippen LogP contribution in [0, 0.1) is 46.8 Å². The summed E-state index contributed by atoms with van der Waals surface area (Å²) in [5, 5.41) is 10.8. The van der Waals surface area contributed by atoms with E-state index in [-0.39, 0.29) is 16.7 Å². The lowest BCUT2D eigenvalue weighted by Crippen LogP contribution is -2.64. The Morgan fingerprint density at radius 1 is 1.07 bits per heavy atom. The van der Waals surface area contributed by atoms with Crippen molar-refractivity contribution in [2.24, 2.45) is 34.5 Å². The summed E-state index contributed by atoms with van der Waals surface area (Å²) < 4.78 is 12.7. The first-order chi connectivity index (χ1) is 12.8. The maximum atomic E-state index is 12.8. The van der Waals surface area contributed by atoms with Crippen molar-refractivity contribution in [2.45, 2.75) is 76.6 Å². The zero-order valence-electron chi connectivity index (χ0n) is 16.6. The van der Waals surface area contributed by atoms with Crippen LogP contribution in [0.2, 0.25) is 0 Å². The van der Waals surface area contributed by atoms with Gasteiger partial charge in [-0.2, -0.15) is 0 Å². The molecule has 0 aromatic carbocycles. The van der Waals surface area contributed by atoms with Crippen LogP contribution < -0.4 is 0 Å². The zero-order valence-corrected chi connectivity index (χ0v) is 16.6. The third-order valence-corrected chi connectivity index (χ3v) is 9.50. The maximum Gasteiger partial charge on any atom is 0.172 e. The summed E-state index contributed by atoms with van der Waals surface area (Å²) in [7, 11) is 0. The minimum atomic E-state index is -0.997. The fourth-order valence-electron chi connectivity index (χ4n) is 7.87. The molecule has 0 aromatic heterocycles. The number of rotatable bonds is 0. The van der Waals surface area contributed by atoms with Crippen molar-refractivity contribution in [2.75, 3.05) is 13.2 Å². The third kappa shape index (κ3) is 2.26. The Morgan fingerprint density at radius 2 is 1.81 bits per heavy atom. The van der Waals surface area contributed by atoms with Gasteiger partial charge in [0.25, 0.3) is 0 Å². The van der Waals surface area contributed by atoms with Crippen LogP contribution in [0.25, 0.3) is 0 Å². The summed E-state index contributed by atoms with van der Waals surface area (Å²) in [5.74, 6) is 3.92. The molecule has 1 saturated heterocycles. The molecule has 27 heavy (non-hydrogen) atoms. The molecule has 1 spiro atoms. The number of aliphatic hydroxyl groups is 1. The number of ether oxygens (including phenoxy) is 2. The summed E-state index contributed by atoms with van der Waals surface area (Å²) >= 11 is 0. The molecule has 0 aromatic rings. The molecule has 4 nitrogen and oxygen atoms in total. The first-order valence-corrected chi connectivity index (χ1v) is 10.8. The van der Waals surface area contributed by atoms with Crippen LogP contribution in [0.15, 0.2) is 0 Å². The lowest BCUT2D eigenvalue weighted by Gasteiger charge is -2.64. The van der Waals surface area contributed by atoms with Gasteiger partial charge in [-0.1, -0.05) is 19.8 Å². The standard InChI is InChI=1S/C23H32O4/c1-4-22(25)10-9-20(2)15(13-22)14-23(26-11-12-27-23)19-16-5-6-18(24)21(16,3)8-7-17(19)20/h1,15-17,19,25H,5-14H2,2-3H3/t15-,16+,17+,19+,20+,21+,22+/m1/s1. The maximum absolute atomic E-state index is 12.8. The van der Waals surface area contributed by atoms with Crippen molar-refractivity contribution < 1.29 is 19.4 Å². The highest BCUT2D eigenvalue weighted by Gasteiger charge is 2.69. The molecule has 5 fully saturated rings. The van der Waals surface area contributed by atoms with Gasteiger partial charge in [0.05, 0.1) is 13.2 Å². The summed E-state index contributed by atoms with van der Waals surface area (Å²) in [4.78, 5) is 12.8. The Hall–Kier alpha value is -0.890. The topological polar surface area (TPSA) is 55.8 Å². The highest BCUT2D eigenvalue weighted by atomic mass is 16.7. The second-order valence-electron chi connectivity index (χ2n) is 10.5. The van der Waals surface area contributed by atoms with Crippen LogP contribution in [-0.2, 0) is 14.3 Å². The van der Waals surface area contributed by atoms with Crippen molar-refractivity contribution in [1.29, 1.82) is 0 Å². The van der Waals surface area contributed by atoms with Gasteiger partial charge in [0, 0.05) is 24.2 Å². The number of hydrogen-bond donors (Lipinski definition) is 1. The van der Waals surface area contributed by atoms with Crippen molar-refractivity contribution >= 4 is 5.78 Å². The largest absolute Gasteiger partial charge is 0.378 e. The van der Waals surface area contributed by atoms with Crippen LogP contribution in [0.4, 0.5) is 0 Å². The molecule has 4 aliphatic carbocycles. The van der Waals surface area contributed by atoms with Crippen molar-refractivity contribution in [3.8, 4) is 12.3 Å². The average Bonchev–Trinajstić information content (AvgIpc) is 3.23. The smallest absolute Gasteiger partial charge is 0.172 e. The van der Waals surface area contributed by atoms with Crippen LogP contribution >= 0.6 is 0 Å². The summed E-state index contributed by atoms with van der Waals surface area (Å²) in [6.45, 7) is 5.86.